The number of nitrogens with zero attached hydrogens (tertiary/aromatic N) is 3. The molecule has 23 heavy (non-hydrogen) atoms. The Balaban J connectivity index is 1.94. The third kappa shape index (κ3) is 5.56. The largest absolute Gasteiger partial charge is 0.378 e. The quantitative estimate of drug-likeness (QED) is 0.631. The van der Waals surface area contributed by atoms with Crippen LogP contribution >= 0.6 is 11.3 Å². The first-order chi connectivity index (χ1) is 11.1. The molecule has 0 atom stereocenters. The maximum Gasteiger partial charge on any atom is 0.191 e. The van der Waals surface area contributed by atoms with Crippen molar-refractivity contribution in [2.24, 2.45) is 4.99 Å². The van der Waals surface area contributed by atoms with E-state index in [0.717, 1.165) is 17.5 Å². The van der Waals surface area contributed by atoms with Crippen LogP contribution in [0.5, 0.6) is 0 Å². The molecule has 0 radical (unpaired) electrons. The molecule has 1 heterocycles. The molecular formula is C17H25N5S. The molecule has 2 aromatic rings. The van der Waals surface area contributed by atoms with Gasteiger partial charge in [-0.15, -0.1) is 11.3 Å². The molecule has 6 heteroatoms. The molecule has 2 rings (SSSR count). The summed E-state index contributed by atoms with van der Waals surface area (Å²) in [5, 5.41) is 7.67. The molecule has 0 aliphatic heterocycles. The summed E-state index contributed by atoms with van der Waals surface area (Å²) >= 11 is 1.71. The van der Waals surface area contributed by atoms with E-state index in [0.29, 0.717) is 13.1 Å². The number of anilines is 1. The van der Waals surface area contributed by atoms with Crippen molar-refractivity contribution in [1.82, 2.24) is 15.6 Å². The van der Waals surface area contributed by atoms with Gasteiger partial charge >= 0.3 is 0 Å². The van der Waals surface area contributed by atoms with Gasteiger partial charge in [-0.25, -0.2) is 9.98 Å². The number of hydrogen-bond donors (Lipinski definition) is 2. The average Bonchev–Trinajstić information content (AvgIpc) is 2.96. The highest BCUT2D eigenvalue weighted by molar-refractivity contribution is 7.11. The lowest BCUT2D eigenvalue weighted by Gasteiger charge is -2.13. The standard InChI is InChI=1S/C17H25N5S/c1-5-18-17(21-12-16-19-10-13(2)23-16)20-11-14-6-8-15(9-7-14)22(3)4/h6-10H,5,11-12H2,1-4H3,(H2,18,20,21). The summed E-state index contributed by atoms with van der Waals surface area (Å²) in [5.74, 6) is 0.817. The van der Waals surface area contributed by atoms with Crippen molar-refractivity contribution in [2.75, 3.05) is 25.5 Å². The third-order valence-electron chi connectivity index (χ3n) is 3.29. The van der Waals surface area contributed by atoms with E-state index in [2.05, 4.69) is 63.6 Å². The number of hydrogen-bond acceptors (Lipinski definition) is 4. The van der Waals surface area contributed by atoms with Crippen molar-refractivity contribution in [3.8, 4) is 0 Å². The van der Waals surface area contributed by atoms with E-state index < -0.39 is 0 Å². The fraction of sp³-hybridized carbons (Fsp3) is 0.412. The predicted octanol–water partition coefficient (Wildman–Crippen LogP) is 2.77. The number of benzene rings is 1. The molecular weight excluding hydrogens is 306 g/mol. The molecule has 0 bridgehead atoms. The fourth-order valence-electron chi connectivity index (χ4n) is 2.05. The molecule has 1 aromatic carbocycles. The third-order valence-corrected chi connectivity index (χ3v) is 4.21. The monoisotopic (exact) mass is 331 g/mol. The second kappa shape index (κ2) is 8.53. The van der Waals surface area contributed by atoms with Crippen LogP contribution < -0.4 is 15.5 Å². The molecule has 0 saturated carbocycles. The second-order valence-electron chi connectivity index (χ2n) is 5.47. The summed E-state index contributed by atoms with van der Waals surface area (Å²) in [6.07, 6.45) is 1.90. The minimum absolute atomic E-state index is 0.653. The molecule has 0 fully saturated rings. The van der Waals surface area contributed by atoms with Crippen LogP contribution in [0.2, 0.25) is 0 Å². The zero-order chi connectivity index (χ0) is 16.7. The minimum atomic E-state index is 0.653. The Bertz CT molecular complexity index is 631. The molecule has 1 aromatic heterocycles. The lowest BCUT2D eigenvalue weighted by Crippen LogP contribution is -2.36. The number of rotatable bonds is 6. The first-order valence-corrected chi connectivity index (χ1v) is 8.60. The van der Waals surface area contributed by atoms with Crippen LogP contribution in [0.4, 0.5) is 5.69 Å². The van der Waals surface area contributed by atoms with Gasteiger partial charge in [0.25, 0.3) is 0 Å². The molecule has 0 unspecified atom stereocenters. The number of aryl methyl sites for hydroxylation is 1. The number of thiazole rings is 1. The van der Waals surface area contributed by atoms with Gasteiger partial charge in [-0.05, 0) is 31.5 Å². The highest BCUT2D eigenvalue weighted by Crippen LogP contribution is 2.13. The van der Waals surface area contributed by atoms with E-state index in [-0.39, 0.29) is 0 Å². The topological polar surface area (TPSA) is 52.6 Å². The molecule has 0 aliphatic carbocycles. The zero-order valence-electron chi connectivity index (χ0n) is 14.3. The van der Waals surface area contributed by atoms with Gasteiger partial charge in [0.2, 0.25) is 0 Å². The zero-order valence-corrected chi connectivity index (χ0v) is 15.1. The van der Waals surface area contributed by atoms with Crippen molar-refractivity contribution >= 4 is 23.0 Å². The molecule has 5 nitrogen and oxygen atoms in total. The van der Waals surface area contributed by atoms with E-state index in [1.165, 1.54) is 16.1 Å². The normalized spacial score (nSPS) is 11.4. The van der Waals surface area contributed by atoms with Crippen LogP contribution in [0.15, 0.2) is 35.5 Å². The molecule has 0 aliphatic rings. The average molecular weight is 331 g/mol. The summed E-state index contributed by atoms with van der Waals surface area (Å²) < 4.78 is 0. The van der Waals surface area contributed by atoms with Crippen LogP contribution in [0.1, 0.15) is 22.4 Å². The summed E-state index contributed by atoms with van der Waals surface area (Å²) in [4.78, 5) is 12.3. The van der Waals surface area contributed by atoms with Crippen molar-refractivity contribution in [3.63, 3.8) is 0 Å². The van der Waals surface area contributed by atoms with Gasteiger partial charge in [-0.1, -0.05) is 12.1 Å². The van der Waals surface area contributed by atoms with Crippen molar-refractivity contribution in [3.05, 3.63) is 45.9 Å². The lowest BCUT2D eigenvalue weighted by molar-refractivity contribution is 0.811. The molecule has 0 amide bonds. The summed E-state index contributed by atoms with van der Waals surface area (Å²) in [5.41, 5.74) is 2.39. The van der Waals surface area contributed by atoms with E-state index in [9.17, 15) is 0 Å². The van der Waals surface area contributed by atoms with E-state index >= 15 is 0 Å². The first-order valence-electron chi connectivity index (χ1n) is 7.78. The van der Waals surface area contributed by atoms with Gasteiger partial charge in [0.15, 0.2) is 5.96 Å². The molecule has 2 N–H and O–H groups in total. The predicted molar refractivity (Wildman–Crippen MR) is 99.3 cm³/mol. The van der Waals surface area contributed by atoms with Gasteiger partial charge in [-0.2, -0.15) is 0 Å². The Hall–Kier alpha value is -2.08. The summed E-state index contributed by atoms with van der Waals surface area (Å²) in [6, 6.07) is 8.46. The van der Waals surface area contributed by atoms with E-state index in [1.54, 1.807) is 11.3 Å². The Kier molecular flexibility index (Phi) is 6.40. The second-order valence-corrected chi connectivity index (χ2v) is 6.79. The lowest BCUT2D eigenvalue weighted by atomic mass is 10.2. The first kappa shape index (κ1) is 17.3. The summed E-state index contributed by atoms with van der Waals surface area (Å²) in [7, 11) is 4.08. The van der Waals surface area contributed by atoms with Crippen LogP contribution in [0.25, 0.3) is 0 Å². The van der Waals surface area contributed by atoms with Crippen LogP contribution in [0.3, 0.4) is 0 Å². The SMILES string of the molecule is CCNC(=NCc1ccc(N(C)C)cc1)NCc1ncc(C)s1. The number of aromatic nitrogens is 1. The van der Waals surface area contributed by atoms with Gasteiger partial charge in [-0.3, -0.25) is 0 Å². The Morgan fingerprint density at radius 2 is 1.96 bits per heavy atom. The number of nitrogens with one attached hydrogen (secondary N) is 2. The van der Waals surface area contributed by atoms with E-state index in [1.807, 2.05) is 20.3 Å². The Morgan fingerprint density at radius 3 is 2.52 bits per heavy atom. The highest BCUT2D eigenvalue weighted by atomic mass is 32.1. The van der Waals surface area contributed by atoms with E-state index in [4.69, 9.17) is 0 Å². The molecule has 124 valence electrons. The maximum atomic E-state index is 4.64. The minimum Gasteiger partial charge on any atom is -0.378 e. The van der Waals surface area contributed by atoms with Gasteiger partial charge < -0.3 is 15.5 Å². The maximum absolute atomic E-state index is 4.64. The van der Waals surface area contributed by atoms with Crippen LogP contribution in [0, 0.1) is 6.92 Å². The van der Waals surface area contributed by atoms with Crippen molar-refractivity contribution in [2.45, 2.75) is 26.9 Å². The van der Waals surface area contributed by atoms with Crippen molar-refractivity contribution in [1.29, 1.82) is 0 Å². The van der Waals surface area contributed by atoms with Crippen molar-refractivity contribution < 1.29 is 0 Å². The van der Waals surface area contributed by atoms with Gasteiger partial charge in [0, 0.05) is 37.4 Å². The van der Waals surface area contributed by atoms with Gasteiger partial charge in [0.05, 0.1) is 13.1 Å². The summed E-state index contributed by atoms with van der Waals surface area (Å²) in [6.45, 7) is 6.32. The fourth-order valence-corrected chi connectivity index (χ4v) is 2.78. The number of guanidine groups is 1. The Labute approximate surface area is 142 Å². The highest BCUT2D eigenvalue weighted by Gasteiger charge is 2.02. The molecule has 0 saturated heterocycles. The Morgan fingerprint density at radius 1 is 1.22 bits per heavy atom. The van der Waals surface area contributed by atoms with Gasteiger partial charge in [0.1, 0.15) is 5.01 Å². The molecule has 0 spiro atoms. The number of aliphatic imine (C=N–C) groups is 1. The smallest absolute Gasteiger partial charge is 0.191 e. The van der Waals surface area contributed by atoms with Crippen LogP contribution in [-0.4, -0.2) is 31.6 Å². The van der Waals surface area contributed by atoms with Crippen LogP contribution in [-0.2, 0) is 13.1 Å².